The van der Waals surface area contributed by atoms with Crippen molar-refractivity contribution in [1.29, 1.82) is 0 Å². The second-order valence-corrected chi connectivity index (χ2v) is 7.57. The first-order valence-electron chi connectivity index (χ1n) is 7.18. The first-order valence-corrected chi connectivity index (χ1v) is 9.55. The summed E-state index contributed by atoms with van der Waals surface area (Å²) in [6, 6.07) is 10.1. The molecule has 2 rings (SSSR count). The summed E-state index contributed by atoms with van der Waals surface area (Å²) in [5, 5.41) is 1.66. The van der Waals surface area contributed by atoms with Crippen LogP contribution in [0, 0.1) is 0 Å². The topological polar surface area (TPSA) is 78.5 Å². The summed E-state index contributed by atoms with van der Waals surface area (Å²) in [4.78, 5) is 16.3. The van der Waals surface area contributed by atoms with E-state index in [2.05, 4.69) is 29.0 Å². The molecule has 1 amide bonds. The number of amides is 1. The van der Waals surface area contributed by atoms with Gasteiger partial charge in [-0.1, -0.05) is 6.07 Å². The van der Waals surface area contributed by atoms with Crippen LogP contribution >= 0.6 is 11.3 Å². The van der Waals surface area contributed by atoms with Crippen LogP contribution in [0.5, 0.6) is 0 Å². The average molecular weight is 353 g/mol. The molecule has 0 radical (unpaired) electrons. The van der Waals surface area contributed by atoms with Crippen molar-refractivity contribution in [3.05, 3.63) is 47.3 Å². The van der Waals surface area contributed by atoms with E-state index in [1.807, 2.05) is 12.1 Å². The van der Waals surface area contributed by atoms with Gasteiger partial charge in [-0.2, -0.15) is 0 Å². The van der Waals surface area contributed by atoms with Crippen molar-refractivity contribution >= 4 is 33.0 Å². The molecule has 1 heterocycles. The zero-order valence-electron chi connectivity index (χ0n) is 12.9. The standard InChI is InChI=1S/C15H19N3O3S2/c1-3-18(4-2)13-9-7-12(8-10-13)15(19)16-17-23(20,21)14-6-5-11-22-14/h5-11,17H,3-4H2,1-2H3,(H,16,19). The molecule has 0 unspecified atom stereocenters. The maximum Gasteiger partial charge on any atom is 0.266 e. The molecule has 0 aliphatic carbocycles. The molecular formula is C15H19N3O3S2. The number of anilines is 1. The lowest BCUT2D eigenvalue weighted by atomic mass is 10.2. The number of nitrogens with one attached hydrogen (secondary N) is 2. The van der Waals surface area contributed by atoms with E-state index in [4.69, 9.17) is 0 Å². The Balaban J connectivity index is 2.01. The lowest BCUT2D eigenvalue weighted by molar-refractivity contribution is 0.0945. The van der Waals surface area contributed by atoms with Crippen LogP contribution in [0.15, 0.2) is 46.0 Å². The lowest BCUT2D eigenvalue weighted by Gasteiger charge is -2.21. The SMILES string of the molecule is CCN(CC)c1ccc(C(=O)NNS(=O)(=O)c2cccs2)cc1. The molecule has 0 bridgehead atoms. The zero-order chi connectivity index (χ0) is 16.9. The van der Waals surface area contributed by atoms with Gasteiger partial charge in [-0.25, -0.2) is 8.42 Å². The average Bonchev–Trinajstić information content (AvgIpc) is 3.10. The number of benzene rings is 1. The predicted octanol–water partition coefficient (Wildman–Crippen LogP) is 2.22. The molecule has 1 aromatic heterocycles. The Labute approximate surface area is 140 Å². The van der Waals surface area contributed by atoms with Gasteiger partial charge in [0.05, 0.1) is 0 Å². The number of sulfonamides is 1. The highest BCUT2D eigenvalue weighted by molar-refractivity contribution is 7.91. The third kappa shape index (κ3) is 4.31. The van der Waals surface area contributed by atoms with Gasteiger partial charge in [-0.05, 0) is 49.6 Å². The van der Waals surface area contributed by atoms with E-state index in [1.54, 1.807) is 23.6 Å². The summed E-state index contributed by atoms with van der Waals surface area (Å²) in [7, 11) is -3.72. The van der Waals surface area contributed by atoms with Crippen molar-refractivity contribution in [2.45, 2.75) is 18.1 Å². The van der Waals surface area contributed by atoms with E-state index in [9.17, 15) is 13.2 Å². The van der Waals surface area contributed by atoms with E-state index >= 15 is 0 Å². The van der Waals surface area contributed by atoms with Crippen LogP contribution in [0.25, 0.3) is 0 Å². The number of carbonyl (C=O) groups excluding carboxylic acids is 1. The number of nitrogens with zero attached hydrogens (tertiary/aromatic N) is 1. The Morgan fingerprint density at radius 1 is 1.13 bits per heavy atom. The summed E-state index contributed by atoms with van der Waals surface area (Å²) in [6.07, 6.45) is 0. The van der Waals surface area contributed by atoms with Crippen LogP contribution in [-0.4, -0.2) is 27.4 Å². The maximum atomic E-state index is 12.0. The minimum absolute atomic E-state index is 0.148. The van der Waals surface area contributed by atoms with Crippen molar-refractivity contribution in [3.63, 3.8) is 0 Å². The minimum Gasteiger partial charge on any atom is -0.372 e. The number of hydrogen-bond donors (Lipinski definition) is 2. The summed E-state index contributed by atoms with van der Waals surface area (Å²) < 4.78 is 24.0. The van der Waals surface area contributed by atoms with Crippen molar-refractivity contribution < 1.29 is 13.2 Å². The third-order valence-corrected chi connectivity index (χ3v) is 5.96. The Bertz CT molecular complexity index is 737. The van der Waals surface area contributed by atoms with Crippen molar-refractivity contribution in [2.75, 3.05) is 18.0 Å². The Hall–Kier alpha value is -1.90. The van der Waals surface area contributed by atoms with Crippen molar-refractivity contribution in [1.82, 2.24) is 10.3 Å². The number of rotatable bonds is 7. The smallest absolute Gasteiger partial charge is 0.266 e. The molecule has 0 aliphatic heterocycles. The molecule has 0 saturated carbocycles. The minimum atomic E-state index is -3.72. The molecule has 1 aromatic carbocycles. The number of hydrogen-bond acceptors (Lipinski definition) is 5. The first kappa shape index (κ1) is 17.5. The van der Waals surface area contributed by atoms with Crippen LogP contribution in [0.4, 0.5) is 5.69 Å². The van der Waals surface area contributed by atoms with Crippen molar-refractivity contribution in [2.24, 2.45) is 0 Å². The van der Waals surface area contributed by atoms with Crippen LogP contribution < -0.4 is 15.2 Å². The molecule has 0 aliphatic rings. The van der Waals surface area contributed by atoms with Gasteiger partial charge in [0.25, 0.3) is 15.9 Å². The zero-order valence-corrected chi connectivity index (χ0v) is 14.6. The maximum absolute atomic E-state index is 12.0. The molecule has 0 spiro atoms. The first-order chi connectivity index (χ1) is 11.0. The van der Waals surface area contributed by atoms with Gasteiger partial charge in [-0.3, -0.25) is 10.2 Å². The number of carbonyl (C=O) groups is 1. The van der Waals surface area contributed by atoms with Gasteiger partial charge in [0.1, 0.15) is 4.21 Å². The van der Waals surface area contributed by atoms with Crippen molar-refractivity contribution in [3.8, 4) is 0 Å². The van der Waals surface area contributed by atoms with Crippen LogP contribution in [0.2, 0.25) is 0 Å². The molecule has 124 valence electrons. The van der Waals surface area contributed by atoms with Crippen LogP contribution in [-0.2, 0) is 10.0 Å². The predicted molar refractivity (Wildman–Crippen MR) is 92.1 cm³/mol. The summed E-state index contributed by atoms with van der Waals surface area (Å²) in [6.45, 7) is 5.87. The molecule has 8 heteroatoms. The molecule has 23 heavy (non-hydrogen) atoms. The molecule has 2 aromatic rings. The molecular weight excluding hydrogens is 334 g/mol. The van der Waals surface area contributed by atoms with Crippen LogP contribution in [0.1, 0.15) is 24.2 Å². The van der Waals surface area contributed by atoms with Gasteiger partial charge in [0, 0.05) is 24.3 Å². The molecule has 0 saturated heterocycles. The Morgan fingerprint density at radius 2 is 1.78 bits per heavy atom. The van der Waals surface area contributed by atoms with Gasteiger partial charge >= 0.3 is 0 Å². The fourth-order valence-electron chi connectivity index (χ4n) is 2.06. The van der Waals surface area contributed by atoms with E-state index in [-0.39, 0.29) is 4.21 Å². The highest BCUT2D eigenvalue weighted by atomic mass is 32.2. The van der Waals surface area contributed by atoms with Gasteiger partial charge in [-0.15, -0.1) is 16.2 Å². The second kappa shape index (κ2) is 7.58. The highest BCUT2D eigenvalue weighted by Gasteiger charge is 2.16. The number of hydrazine groups is 1. The van der Waals surface area contributed by atoms with Crippen LogP contribution in [0.3, 0.4) is 0 Å². The highest BCUT2D eigenvalue weighted by Crippen LogP contribution is 2.16. The molecule has 2 N–H and O–H groups in total. The van der Waals surface area contributed by atoms with Gasteiger partial charge in [0.15, 0.2) is 0 Å². The van der Waals surface area contributed by atoms with E-state index in [0.29, 0.717) is 5.56 Å². The summed E-state index contributed by atoms with van der Waals surface area (Å²) in [5.41, 5.74) is 3.62. The summed E-state index contributed by atoms with van der Waals surface area (Å²) >= 11 is 1.08. The lowest BCUT2D eigenvalue weighted by Crippen LogP contribution is -2.41. The Kier molecular flexibility index (Phi) is 5.75. The quantitative estimate of drug-likeness (QED) is 0.748. The Morgan fingerprint density at radius 3 is 2.30 bits per heavy atom. The monoisotopic (exact) mass is 353 g/mol. The molecule has 6 nitrogen and oxygen atoms in total. The fraction of sp³-hybridized carbons (Fsp3) is 0.267. The normalized spacial score (nSPS) is 11.2. The second-order valence-electron chi connectivity index (χ2n) is 4.71. The van der Waals surface area contributed by atoms with Gasteiger partial charge in [0.2, 0.25) is 0 Å². The number of thiophene rings is 1. The van der Waals surface area contributed by atoms with Gasteiger partial charge < -0.3 is 4.90 Å². The molecule has 0 fully saturated rings. The fourth-order valence-corrected chi connectivity index (χ4v) is 3.90. The van der Waals surface area contributed by atoms with E-state index < -0.39 is 15.9 Å². The third-order valence-electron chi connectivity index (χ3n) is 3.32. The largest absolute Gasteiger partial charge is 0.372 e. The van der Waals surface area contributed by atoms with E-state index in [1.165, 1.54) is 6.07 Å². The summed E-state index contributed by atoms with van der Waals surface area (Å²) in [5.74, 6) is -0.503. The molecule has 0 atom stereocenters. The van der Waals surface area contributed by atoms with E-state index in [0.717, 1.165) is 30.1 Å².